The lowest BCUT2D eigenvalue weighted by Gasteiger charge is -2.06. The summed E-state index contributed by atoms with van der Waals surface area (Å²) in [5.74, 6) is -0.365. The van der Waals surface area contributed by atoms with Crippen molar-refractivity contribution < 1.29 is 18.7 Å². The number of hydrogen-bond donors (Lipinski definition) is 1. The van der Waals surface area contributed by atoms with Crippen molar-refractivity contribution >= 4 is 17.6 Å². The second kappa shape index (κ2) is 8.96. The number of carbonyl (C=O) groups excluding carboxylic acids is 2. The maximum absolute atomic E-state index is 12.4. The van der Waals surface area contributed by atoms with Crippen LogP contribution in [0.15, 0.2) is 101 Å². The molecule has 154 valence electrons. The molecule has 31 heavy (non-hydrogen) atoms. The molecule has 1 amide bonds. The van der Waals surface area contributed by atoms with E-state index in [1.54, 1.807) is 49.4 Å². The minimum absolute atomic E-state index is 0.130. The second-order valence-corrected chi connectivity index (χ2v) is 6.67. The highest BCUT2D eigenvalue weighted by Gasteiger charge is 2.11. The monoisotopic (exact) mass is 413 g/mol. The van der Waals surface area contributed by atoms with Gasteiger partial charge in [0.1, 0.15) is 5.75 Å². The Morgan fingerprint density at radius 1 is 0.903 bits per heavy atom. The molecule has 4 aromatic rings. The third-order valence-electron chi connectivity index (χ3n) is 4.56. The number of carbonyl (C=O) groups is 2. The number of furan rings is 1. The van der Waals surface area contributed by atoms with E-state index in [1.165, 1.54) is 12.3 Å². The number of nitrogens with zero attached hydrogens (tertiary/aromatic N) is 2. The quantitative estimate of drug-likeness (QED) is 0.219. The summed E-state index contributed by atoms with van der Waals surface area (Å²) >= 11 is 0. The van der Waals surface area contributed by atoms with Gasteiger partial charge in [-0.2, -0.15) is 5.10 Å². The fourth-order valence-electron chi connectivity index (χ4n) is 2.87. The summed E-state index contributed by atoms with van der Waals surface area (Å²) in [6.07, 6.45) is 5.28. The molecular formula is C24H19N3O4. The van der Waals surface area contributed by atoms with Crippen molar-refractivity contribution in [2.24, 2.45) is 5.10 Å². The average Bonchev–Trinajstić information content (AvgIpc) is 3.52. The first-order valence-electron chi connectivity index (χ1n) is 9.54. The number of rotatable bonds is 6. The van der Waals surface area contributed by atoms with Gasteiger partial charge in [-0.25, -0.2) is 10.2 Å². The predicted octanol–water partition coefficient (Wildman–Crippen LogP) is 4.44. The molecule has 0 unspecified atom stereocenters. The minimum atomic E-state index is -0.571. The van der Waals surface area contributed by atoms with Crippen molar-refractivity contribution in [2.75, 3.05) is 0 Å². The number of ether oxygens (including phenoxy) is 1. The Balaban J connectivity index is 1.36. The van der Waals surface area contributed by atoms with Gasteiger partial charge in [0.15, 0.2) is 0 Å². The molecule has 0 atom stereocenters. The summed E-state index contributed by atoms with van der Waals surface area (Å²) in [5.41, 5.74) is 5.43. The van der Waals surface area contributed by atoms with Crippen molar-refractivity contribution in [3.05, 3.63) is 108 Å². The number of amides is 1. The molecule has 1 N–H and O–H groups in total. The number of benzene rings is 2. The van der Waals surface area contributed by atoms with Gasteiger partial charge in [-0.15, -0.1) is 0 Å². The van der Waals surface area contributed by atoms with Crippen LogP contribution in [0.1, 0.15) is 33.4 Å². The topological polar surface area (TPSA) is 85.8 Å². The fourth-order valence-corrected chi connectivity index (χ4v) is 2.87. The van der Waals surface area contributed by atoms with E-state index >= 15 is 0 Å². The van der Waals surface area contributed by atoms with Gasteiger partial charge in [-0.3, -0.25) is 4.79 Å². The summed E-state index contributed by atoms with van der Waals surface area (Å²) in [4.78, 5) is 24.3. The van der Waals surface area contributed by atoms with Crippen LogP contribution < -0.4 is 10.2 Å². The van der Waals surface area contributed by atoms with Crippen LogP contribution in [0.3, 0.4) is 0 Å². The fraction of sp³-hybridized carbons (Fsp3) is 0.0417. The van der Waals surface area contributed by atoms with Gasteiger partial charge in [0.25, 0.3) is 5.91 Å². The molecule has 0 saturated carbocycles. The van der Waals surface area contributed by atoms with Gasteiger partial charge in [0.05, 0.1) is 12.0 Å². The molecule has 0 aliphatic heterocycles. The van der Waals surface area contributed by atoms with E-state index in [1.807, 2.05) is 41.2 Å². The Morgan fingerprint density at radius 2 is 1.58 bits per heavy atom. The van der Waals surface area contributed by atoms with Crippen LogP contribution >= 0.6 is 0 Å². The lowest BCUT2D eigenvalue weighted by atomic mass is 10.1. The van der Waals surface area contributed by atoms with Gasteiger partial charge >= 0.3 is 5.97 Å². The van der Waals surface area contributed by atoms with Crippen LogP contribution in [0.25, 0.3) is 5.69 Å². The molecule has 0 aliphatic carbocycles. The molecule has 2 heterocycles. The molecular weight excluding hydrogens is 394 g/mol. The van der Waals surface area contributed by atoms with Gasteiger partial charge < -0.3 is 13.7 Å². The van der Waals surface area contributed by atoms with Gasteiger partial charge in [-0.05, 0) is 85.3 Å². The molecule has 7 nitrogen and oxygen atoms in total. The minimum Gasteiger partial charge on any atom is -0.457 e. The van der Waals surface area contributed by atoms with Crippen molar-refractivity contribution in [3.63, 3.8) is 0 Å². The highest BCUT2D eigenvalue weighted by atomic mass is 16.5. The van der Waals surface area contributed by atoms with E-state index in [9.17, 15) is 9.59 Å². The Hall–Kier alpha value is -4.39. The van der Waals surface area contributed by atoms with Crippen molar-refractivity contribution in [1.82, 2.24) is 9.99 Å². The summed E-state index contributed by atoms with van der Waals surface area (Å²) < 4.78 is 12.2. The van der Waals surface area contributed by atoms with Gasteiger partial charge in [0.2, 0.25) is 5.76 Å². The first kappa shape index (κ1) is 19.9. The standard InChI is InChI=1S/C24H19N3O4/c1-17(18-8-12-21(13-9-18)31-24(29)22-5-4-16-30-22)25-26-23(28)19-6-10-20(11-7-19)27-14-2-3-15-27/h2-16H,1H3,(H,26,28). The van der Waals surface area contributed by atoms with Crippen LogP contribution in [0, 0.1) is 0 Å². The Morgan fingerprint density at radius 3 is 2.23 bits per heavy atom. The van der Waals surface area contributed by atoms with E-state index in [0.717, 1.165) is 11.3 Å². The Labute approximate surface area is 178 Å². The second-order valence-electron chi connectivity index (χ2n) is 6.67. The summed E-state index contributed by atoms with van der Waals surface area (Å²) in [5, 5.41) is 4.16. The van der Waals surface area contributed by atoms with Crippen LogP contribution in [-0.4, -0.2) is 22.2 Å². The van der Waals surface area contributed by atoms with E-state index < -0.39 is 5.97 Å². The predicted molar refractivity (Wildman–Crippen MR) is 116 cm³/mol. The molecule has 0 radical (unpaired) electrons. The lowest BCUT2D eigenvalue weighted by molar-refractivity contribution is 0.0701. The zero-order chi connectivity index (χ0) is 21.6. The molecule has 4 rings (SSSR count). The molecule has 7 heteroatoms. The van der Waals surface area contributed by atoms with Gasteiger partial charge in [-0.1, -0.05) is 0 Å². The smallest absolute Gasteiger partial charge is 0.379 e. The summed E-state index contributed by atoms with van der Waals surface area (Å²) in [6.45, 7) is 1.78. The number of hydrogen-bond acceptors (Lipinski definition) is 5. The molecule has 0 spiro atoms. The zero-order valence-corrected chi connectivity index (χ0v) is 16.7. The molecule has 0 aliphatic rings. The van der Waals surface area contributed by atoms with E-state index in [4.69, 9.17) is 9.15 Å². The van der Waals surface area contributed by atoms with Crippen LogP contribution in [0.2, 0.25) is 0 Å². The first-order chi connectivity index (χ1) is 15.1. The SMILES string of the molecule is CC(=NNC(=O)c1ccc(-n2cccc2)cc1)c1ccc(OC(=O)c2ccco2)cc1. The maximum Gasteiger partial charge on any atom is 0.379 e. The van der Waals surface area contributed by atoms with Crippen molar-refractivity contribution in [1.29, 1.82) is 0 Å². The summed E-state index contributed by atoms with van der Waals surface area (Å²) in [6, 6.07) is 21.1. The zero-order valence-electron chi connectivity index (χ0n) is 16.7. The van der Waals surface area contributed by atoms with E-state index in [0.29, 0.717) is 17.0 Å². The third kappa shape index (κ3) is 4.79. The molecule has 0 bridgehead atoms. The first-order valence-corrected chi connectivity index (χ1v) is 9.54. The highest BCUT2D eigenvalue weighted by molar-refractivity contribution is 6.01. The molecule has 0 saturated heterocycles. The Kier molecular flexibility index (Phi) is 5.75. The van der Waals surface area contributed by atoms with E-state index in [2.05, 4.69) is 10.5 Å². The number of nitrogens with one attached hydrogen (secondary N) is 1. The summed E-state index contributed by atoms with van der Waals surface area (Å²) in [7, 11) is 0. The van der Waals surface area contributed by atoms with Crippen molar-refractivity contribution in [3.8, 4) is 11.4 Å². The van der Waals surface area contributed by atoms with Crippen LogP contribution in [0.4, 0.5) is 0 Å². The lowest BCUT2D eigenvalue weighted by Crippen LogP contribution is -2.19. The molecule has 0 fully saturated rings. The average molecular weight is 413 g/mol. The van der Waals surface area contributed by atoms with Crippen molar-refractivity contribution in [2.45, 2.75) is 6.92 Å². The largest absolute Gasteiger partial charge is 0.457 e. The van der Waals surface area contributed by atoms with Crippen LogP contribution in [0.5, 0.6) is 5.75 Å². The van der Waals surface area contributed by atoms with Crippen LogP contribution in [-0.2, 0) is 0 Å². The normalized spacial score (nSPS) is 11.2. The number of aromatic nitrogens is 1. The maximum atomic E-state index is 12.4. The molecule has 2 aromatic carbocycles. The Bertz CT molecular complexity index is 1190. The number of esters is 1. The van der Waals surface area contributed by atoms with Gasteiger partial charge in [0, 0.05) is 23.6 Å². The highest BCUT2D eigenvalue weighted by Crippen LogP contribution is 2.15. The third-order valence-corrected chi connectivity index (χ3v) is 4.56. The molecule has 2 aromatic heterocycles. The van der Waals surface area contributed by atoms with E-state index in [-0.39, 0.29) is 11.7 Å². The number of hydrazone groups is 1.